The zero-order valence-corrected chi connectivity index (χ0v) is 16.1. The molecule has 0 atom stereocenters. The van der Waals surface area contributed by atoms with Gasteiger partial charge in [0.2, 0.25) is 0 Å². The molecule has 2 rings (SSSR count). The number of allylic oxidation sites excluding steroid dienone is 1. The van der Waals surface area contributed by atoms with Crippen molar-refractivity contribution >= 4 is 28.0 Å². The van der Waals surface area contributed by atoms with Gasteiger partial charge in [-0.2, -0.15) is 5.26 Å². The molecule has 0 aliphatic carbocycles. The van der Waals surface area contributed by atoms with E-state index in [9.17, 15) is 4.79 Å². The first-order chi connectivity index (χ1) is 12.6. The van der Waals surface area contributed by atoms with E-state index in [1.807, 2.05) is 31.2 Å². The third kappa shape index (κ3) is 5.36. The molecule has 0 saturated heterocycles. The number of benzene rings is 2. The summed E-state index contributed by atoms with van der Waals surface area (Å²) in [7, 11) is 1.48. The van der Waals surface area contributed by atoms with Crippen LogP contribution in [0.3, 0.4) is 0 Å². The summed E-state index contributed by atoms with van der Waals surface area (Å²) in [5, 5.41) is 8.58. The van der Waals surface area contributed by atoms with Gasteiger partial charge in [0.05, 0.1) is 13.2 Å². The highest BCUT2D eigenvalue weighted by atomic mass is 79.9. The summed E-state index contributed by atoms with van der Waals surface area (Å²) in [6, 6.07) is 12.6. The second kappa shape index (κ2) is 9.64. The summed E-state index contributed by atoms with van der Waals surface area (Å²) in [5.41, 5.74) is 1.76. The molecule has 2 aromatic rings. The predicted octanol–water partition coefficient (Wildman–Crippen LogP) is 4.54. The molecule has 2 aromatic carbocycles. The van der Waals surface area contributed by atoms with E-state index in [1.165, 1.54) is 13.2 Å². The fourth-order valence-corrected chi connectivity index (χ4v) is 2.67. The Morgan fingerprint density at radius 1 is 1.19 bits per heavy atom. The van der Waals surface area contributed by atoms with Crippen molar-refractivity contribution in [3.05, 3.63) is 58.1 Å². The number of esters is 1. The number of hydrogen-bond acceptors (Lipinski definition) is 5. The van der Waals surface area contributed by atoms with Gasteiger partial charge in [0.15, 0.2) is 18.1 Å². The number of nitrogens with zero attached hydrogens (tertiary/aromatic N) is 1. The maximum Gasteiger partial charge on any atom is 0.349 e. The quantitative estimate of drug-likeness (QED) is 0.377. The Bertz CT molecular complexity index is 855. The van der Waals surface area contributed by atoms with Gasteiger partial charge in [0, 0.05) is 10.5 Å². The van der Waals surface area contributed by atoms with Gasteiger partial charge in [-0.15, -0.1) is 0 Å². The first-order valence-electron chi connectivity index (χ1n) is 7.93. The Morgan fingerprint density at radius 2 is 1.96 bits per heavy atom. The molecule has 0 fully saturated rings. The number of aryl methyl sites for hydroxylation is 1. The molecule has 0 heterocycles. The fraction of sp³-hybridized carbons (Fsp3) is 0.200. The van der Waals surface area contributed by atoms with Crippen LogP contribution in [-0.4, -0.2) is 19.7 Å². The van der Waals surface area contributed by atoms with E-state index in [0.717, 1.165) is 22.0 Å². The number of rotatable bonds is 7. The Kier molecular flexibility index (Phi) is 7.24. The van der Waals surface area contributed by atoms with Gasteiger partial charge in [0.25, 0.3) is 0 Å². The normalized spacial score (nSPS) is 10.4. The van der Waals surface area contributed by atoms with Gasteiger partial charge < -0.3 is 14.2 Å². The smallest absolute Gasteiger partial charge is 0.349 e. The van der Waals surface area contributed by atoms with Crippen molar-refractivity contribution in [2.45, 2.75) is 13.3 Å². The molecule has 26 heavy (non-hydrogen) atoms. The van der Waals surface area contributed by atoms with Crippen LogP contribution in [0.1, 0.15) is 18.1 Å². The average Bonchev–Trinajstić information content (AvgIpc) is 2.65. The molecule has 0 radical (unpaired) electrons. The van der Waals surface area contributed by atoms with Crippen molar-refractivity contribution in [3.63, 3.8) is 0 Å². The predicted molar refractivity (Wildman–Crippen MR) is 102 cm³/mol. The number of nitriles is 1. The lowest BCUT2D eigenvalue weighted by Crippen LogP contribution is -2.18. The van der Waals surface area contributed by atoms with E-state index in [-0.39, 0.29) is 6.61 Å². The molecule has 0 unspecified atom stereocenters. The third-order valence-corrected chi connectivity index (χ3v) is 4.00. The second-order valence-corrected chi connectivity index (χ2v) is 6.16. The van der Waals surface area contributed by atoms with Crippen LogP contribution in [0.2, 0.25) is 0 Å². The Morgan fingerprint density at radius 3 is 2.65 bits per heavy atom. The highest BCUT2D eigenvalue weighted by Gasteiger charge is 2.12. The van der Waals surface area contributed by atoms with Crippen molar-refractivity contribution in [1.29, 1.82) is 5.26 Å². The van der Waals surface area contributed by atoms with E-state index in [1.54, 1.807) is 24.3 Å². The zero-order chi connectivity index (χ0) is 18.9. The lowest BCUT2D eigenvalue weighted by atomic mass is 10.1. The molecule has 0 saturated carbocycles. The fourth-order valence-electron chi connectivity index (χ4n) is 2.26. The van der Waals surface area contributed by atoms with Crippen molar-refractivity contribution in [1.82, 2.24) is 0 Å². The average molecular weight is 416 g/mol. The summed E-state index contributed by atoms with van der Waals surface area (Å²) < 4.78 is 17.1. The highest BCUT2D eigenvalue weighted by molar-refractivity contribution is 9.10. The minimum Gasteiger partial charge on any atom is -0.493 e. The largest absolute Gasteiger partial charge is 0.493 e. The Balaban J connectivity index is 2.04. The Hall–Kier alpha value is -2.78. The molecule has 134 valence electrons. The van der Waals surface area contributed by atoms with Gasteiger partial charge in [-0.05, 0) is 54.0 Å². The molecule has 0 amide bonds. The van der Waals surface area contributed by atoms with Crippen LogP contribution >= 0.6 is 15.9 Å². The first kappa shape index (κ1) is 19.5. The van der Waals surface area contributed by atoms with Crippen LogP contribution in [0.4, 0.5) is 0 Å². The number of halogens is 1. The molecule has 5 nitrogen and oxygen atoms in total. The van der Waals surface area contributed by atoms with Gasteiger partial charge in [-0.1, -0.05) is 28.9 Å². The number of hydrogen-bond donors (Lipinski definition) is 0. The maximum atomic E-state index is 12.1. The number of carbonyl (C=O) groups is 1. The van der Waals surface area contributed by atoms with Crippen molar-refractivity contribution in [2.24, 2.45) is 0 Å². The third-order valence-electron chi connectivity index (χ3n) is 3.51. The van der Waals surface area contributed by atoms with E-state index in [4.69, 9.17) is 19.5 Å². The molecule has 0 aromatic heterocycles. The van der Waals surface area contributed by atoms with Crippen molar-refractivity contribution in [2.75, 3.05) is 13.7 Å². The van der Waals surface area contributed by atoms with Gasteiger partial charge in [-0.3, -0.25) is 0 Å². The molecule has 0 aliphatic rings. The van der Waals surface area contributed by atoms with E-state index in [2.05, 4.69) is 15.9 Å². The minimum atomic E-state index is -0.534. The Labute approximate surface area is 160 Å². The lowest BCUT2D eigenvalue weighted by Gasteiger charge is -2.12. The summed E-state index contributed by atoms with van der Waals surface area (Å²) in [5.74, 6) is 0.809. The van der Waals surface area contributed by atoms with Crippen LogP contribution in [0.5, 0.6) is 17.2 Å². The first-order valence-corrected chi connectivity index (χ1v) is 8.72. The van der Waals surface area contributed by atoms with Crippen LogP contribution in [0.15, 0.2) is 46.9 Å². The summed E-state index contributed by atoms with van der Waals surface area (Å²) in [4.78, 5) is 12.1. The lowest BCUT2D eigenvalue weighted by molar-refractivity contribution is -0.136. The summed E-state index contributed by atoms with van der Waals surface area (Å²) >= 11 is 3.42. The molecular weight excluding hydrogens is 398 g/mol. The second-order valence-electron chi connectivity index (χ2n) is 5.24. The molecule has 0 N–H and O–H groups in total. The SMILES string of the molecule is CCc1cc(Br)ccc1OCC(=O)Oc1ccc(/C=C\C#N)cc1OC. The van der Waals surface area contributed by atoms with Crippen LogP contribution in [-0.2, 0) is 11.2 Å². The van der Waals surface area contributed by atoms with E-state index < -0.39 is 5.97 Å². The summed E-state index contributed by atoms with van der Waals surface area (Å²) in [6.45, 7) is 1.80. The molecule has 0 bridgehead atoms. The topological polar surface area (TPSA) is 68.5 Å². The monoisotopic (exact) mass is 415 g/mol. The molecule has 6 heteroatoms. The molecular formula is C20H18BrNO4. The van der Waals surface area contributed by atoms with E-state index in [0.29, 0.717) is 17.2 Å². The van der Waals surface area contributed by atoms with Crippen LogP contribution in [0, 0.1) is 11.3 Å². The van der Waals surface area contributed by atoms with Gasteiger partial charge in [0.1, 0.15) is 5.75 Å². The highest BCUT2D eigenvalue weighted by Crippen LogP contribution is 2.29. The van der Waals surface area contributed by atoms with Crippen LogP contribution in [0.25, 0.3) is 6.08 Å². The van der Waals surface area contributed by atoms with Crippen molar-refractivity contribution in [3.8, 4) is 23.3 Å². The number of ether oxygens (including phenoxy) is 3. The molecule has 0 aliphatic heterocycles. The summed E-state index contributed by atoms with van der Waals surface area (Å²) in [6.07, 6.45) is 3.78. The maximum absolute atomic E-state index is 12.1. The zero-order valence-electron chi connectivity index (χ0n) is 14.5. The van der Waals surface area contributed by atoms with Crippen LogP contribution < -0.4 is 14.2 Å². The minimum absolute atomic E-state index is 0.214. The number of carbonyl (C=O) groups excluding carboxylic acids is 1. The van der Waals surface area contributed by atoms with Crippen molar-refractivity contribution < 1.29 is 19.0 Å². The number of methoxy groups -OCH3 is 1. The molecule has 0 spiro atoms. The van der Waals surface area contributed by atoms with Gasteiger partial charge in [-0.25, -0.2) is 4.79 Å². The standard InChI is InChI=1S/C20H18BrNO4/c1-3-15-12-16(21)7-9-17(15)25-13-20(23)26-18-8-6-14(5-4-10-22)11-19(18)24-2/h4-9,11-12H,3,13H2,1-2H3/b5-4-. The van der Waals surface area contributed by atoms with Gasteiger partial charge >= 0.3 is 5.97 Å². The van der Waals surface area contributed by atoms with E-state index >= 15 is 0 Å².